The van der Waals surface area contributed by atoms with Crippen LogP contribution >= 0.6 is 11.8 Å². The topological polar surface area (TPSA) is 59.8 Å². The fraction of sp³-hybridized carbons (Fsp3) is 0.318. The Hall–Kier alpha value is -2.60. The van der Waals surface area contributed by atoms with Crippen LogP contribution in [0.15, 0.2) is 59.8 Å². The molecule has 1 amide bonds. The van der Waals surface area contributed by atoms with Crippen LogP contribution in [0.5, 0.6) is 0 Å². The molecule has 0 bridgehead atoms. The highest BCUT2D eigenvalue weighted by Crippen LogP contribution is 2.26. The molecule has 2 unspecified atom stereocenters. The van der Waals surface area contributed by atoms with E-state index in [0.29, 0.717) is 6.54 Å². The Morgan fingerprint density at radius 1 is 1.07 bits per heavy atom. The Morgan fingerprint density at radius 2 is 1.75 bits per heavy atom. The number of nitrogens with zero attached hydrogens (tertiary/aromatic N) is 3. The molecule has 28 heavy (non-hydrogen) atoms. The maximum atomic E-state index is 12.5. The van der Waals surface area contributed by atoms with Crippen molar-refractivity contribution in [3.8, 4) is 11.4 Å². The zero-order valence-corrected chi connectivity index (χ0v) is 17.5. The van der Waals surface area contributed by atoms with Crippen molar-refractivity contribution in [2.45, 2.75) is 37.1 Å². The van der Waals surface area contributed by atoms with Crippen LogP contribution in [0.4, 0.5) is 0 Å². The molecule has 0 saturated heterocycles. The molecule has 2 aromatic carbocycles. The number of nitrogens with one attached hydrogen (secondary N) is 1. The van der Waals surface area contributed by atoms with Crippen LogP contribution in [0.1, 0.15) is 30.9 Å². The van der Waals surface area contributed by atoms with Crippen molar-refractivity contribution in [1.29, 1.82) is 0 Å². The molecule has 1 N–H and O–H groups in total. The summed E-state index contributed by atoms with van der Waals surface area (Å²) in [7, 11) is 1.93. The molecule has 2 atom stereocenters. The minimum absolute atomic E-state index is 0.00710. The third-order valence-corrected chi connectivity index (χ3v) is 5.88. The highest BCUT2D eigenvalue weighted by atomic mass is 32.2. The maximum Gasteiger partial charge on any atom is 0.233 e. The van der Waals surface area contributed by atoms with Gasteiger partial charge in [0.15, 0.2) is 11.0 Å². The van der Waals surface area contributed by atoms with Crippen LogP contribution in [-0.2, 0) is 11.8 Å². The summed E-state index contributed by atoms with van der Waals surface area (Å²) in [4.78, 5) is 12.5. The first-order valence-corrected chi connectivity index (χ1v) is 10.3. The lowest BCUT2D eigenvalue weighted by Crippen LogP contribution is -2.33. The molecular formula is C22H26N4OS. The largest absolute Gasteiger partial charge is 0.355 e. The van der Waals surface area contributed by atoms with Gasteiger partial charge in [0.05, 0.1) is 5.25 Å². The number of rotatable bonds is 7. The number of thioether (sulfide) groups is 1. The molecular weight excluding hydrogens is 368 g/mol. The van der Waals surface area contributed by atoms with Gasteiger partial charge in [0, 0.05) is 19.2 Å². The number of carbonyl (C=O) groups excluding carboxylic acids is 1. The fourth-order valence-electron chi connectivity index (χ4n) is 2.88. The number of carbonyl (C=O) groups is 1. The van der Waals surface area contributed by atoms with Crippen molar-refractivity contribution in [3.63, 3.8) is 0 Å². The monoisotopic (exact) mass is 394 g/mol. The first-order chi connectivity index (χ1) is 13.5. The molecule has 3 rings (SSSR count). The summed E-state index contributed by atoms with van der Waals surface area (Å²) in [5, 5.41) is 12.1. The molecule has 0 spiro atoms. The van der Waals surface area contributed by atoms with Crippen molar-refractivity contribution >= 4 is 17.7 Å². The number of hydrogen-bond acceptors (Lipinski definition) is 4. The molecule has 0 fully saturated rings. The van der Waals surface area contributed by atoms with Gasteiger partial charge >= 0.3 is 0 Å². The predicted molar refractivity (Wildman–Crippen MR) is 114 cm³/mol. The van der Waals surface area contributed by atoms with Gasteiger partial charge in [-0.3, -0.25) is 4.79 Å². The van der Waals surface area contributed by atoms with E-state index in [1.54, 1.807) is 0 Å². The minimum atomic E-state index is -0.253. The van der Waals surface area contributed by atoms with E-state index in [2.05, 4.69) is 53.6 Å². The van der Waals surface area contributed by atoms with Crippen LogP contribution in [0.2, 0.25) is 0 Å². The summed E-state index contributed by atoms with van der Waals surface area (Å²) in [6.07, 6.45) is 0. The molecule has 0 aliphatic carbocycles. The van der Waals surface area contributed by atoms with E-state index in [9.17, 15) is 4.79 Å². The van der Waals surface area contributed by atoms with Crippen molar-refractivity contribution in [1.82, 2.24) is 20.1 Å². The average molecular weight is 395 g/mol. The summed E-state index contributed by atoms with van der Waals surface area (Å²) in [5.74, 6) is 1.07. The highest BCUT2D eigenvalue weighted by molar-refractivity contribution is 8.00. The highest BCUT2D eigenvalue weighted by Gasteiger charge is 2.20. The number of amides is 1. The summed E-state index contributed by atoms with van der Waals surface area (Å²) in [6.45, 7) is 6.68. The molecule has 146 valence electrons. The Balaban J connectivity index is 1.59. The fourth-order valence-corrected chi connectivity index (χ4v) is 3.72. The lowest BCUT2D eigenvalue weighted by atomic mass is 10.0. The molecule has 1 heterocycles. The van der Waals surface area contributed by atoms with Crippen molar-refractivity contribution in [2.75, 3.05) is 6.54 Å². The van der Waals surface area contributed by atoms with E-state index in [4.69, 9.17) is 0 Å². The smallest absolute Gasteiger partial charge is 0.233 e. The van der Waals surface area contributed by atoms with Gasteiger partial charge < -0.3 is 9.88 Å². The Morgan fingerprint density at radius 3 is 2.43 bits per heavy atom. The zero-order valence-electron chi connectivity index (χ0n) is 16.7. The zero-order chi connectivity index (χ0) is 20.1. The number of aromatic nitrogens is 3. The van der Waals surface area contributed by atoms with E-state index in [-0.39, 0.29) is 17.1 Å². The third kappa shape index (κ3) is 4.81. The molecule has 1 aromatic heterocycles. The SMILES string of the molecule is Cc1ccc(-c2nnc(SC(C)C(=O)NCC(C)c3ccccc3)n2C)cc1. The predicted octanol–water partition coefficient (Wildman–Crippen LogP) is 4.19. The molecule has 5 nitrogen and oxygen atoms in total. The van der Waals surface area contributed by atoms with Gasteiger partial charge in [-0.25, -0.2) is 0 Å². The average Bonchev–Trinajstić information content (AvgIpc) is 3.07. The van der Waals surface area contributed by atoms with Crippen molar-refractivity contribution in [2.24, 2.45) is 7.05 Å². The van der Waals surface area contributed by atoms with Crippen LogP contribution in [0.3, 0.4) is 0 Å². The van der Waals surface area contributed by atoms with Crippen LogP contribution in [0.25, 0.3) is 11.4 Å². The van der Waals surface area contributed by atoms with Gasteiger partial charge in [-0.1, -0.05) is 78.8 Å². The van der Waals surface area contributed by atoms with Gasteiger partial charge in [0.1, 0.15) is 0 Å². The van der Waals surface area contributed by atoms with Crippen LogP contribution < -0.4 is 5.32 Å². The third-order valence-electron chi connectivity index (χ3n) is 4.75. The first kappa shape index (κ1) is 20.1. The van der Waals surface area contributed by atoms with E-state index in [0.717, 1.165) is 16.5 Å². The lowest BCUT2D eigenvalue weighted by molar-refractivity contribution is -0.120. The summed E-state index contributed by atoms with van der Waals surface area (Å²) >= 11 is 1.42. The molecule has 0 radical (unpaired) electrons. The van der Waals surface area contributed by atoms with Gasteiger partial charge in [-0.2, -0.15) is 0 Å². The van der Waals surface area contributed by atoms with Crippen molar-refractivity contribution in [3.05, 3.63) is 65.7 Å². The van der Waals surface area contributed by atoms with E-state index >= 15 is 0 Å². The quantitative estimate of drug-likeness (QED) is 0.611. The van der Waals surface area contributed by atoms with Crippen LogP contribution in [-0.4, -0.2) is 32.5 Å². The number of hydrogen-bond donors (Lipinski definition) is 1. The Labute approximate surface area is 170 Å². The maximum absolute atomic E-state index is 12.5. The van der Waals surface area contributed by atoms with E-state index in [1.165, 1.54) is 22.9 Å². The second kappa shape index (κ2) is 9.06. The van der Waals surface area contributed by atoms with E-state index < -0.39 is 0 Å². The summed E-state index contributed by atoms with van der Waals surface area (Å²) < 4.78 is 1.94. The first-order valence-electron chi connectivity index (χ1n) is 9.41. The standard InChI is InChI=1S/C22H26N4OS/c1-15-10-12-19(13-11-15)20-24-25-22(26(20)4)28-17(3)21(27)23-14-16(2)18-8-6-5-7-9-18/h5-13,16-17H,14H2,1-4H3,(H,23,27). The normalized spacial score (nSPS) is 13.1. The van der Waals surface area contributed by atoms with Gasteiger partial charge in [-0.05, 0) is 25.3 Å². The van der Waals surface area contributed by atoms with Crippen molar-refractivity contribution < 1.29 is 4.79 Å². The number of benzene rings is 2. The Bertz CT molecular complexity index is 921. The molecule has 0 aliphatic rings. The molecule has 0 aliphatic heterocycles. The van der Waals surface area contributed by atoms with Gasteiger partial charge in [0.25, 0.3) is 0 Å². The number of aryl methyl sites for hydroxylation is 1. The molecule has 6 heteroatoms. The van der Waals surface area contributed by atoms with Crippen LogP contribution in [0, 0.1) is 6.92 Å². The van der Waals surface area contributed by atoms with Gasteiger partial charge in [-0.15, -0.1) is 10.2 Å². The second-order valence-electron chi connectivity index (χ2n) is 7.05. The summed E-state index contributed by atoms with van der Waals surface area (Å²) in [6, 6.07) is 18.4. The van der Waals surface area contributed by atoms with Gasteiger partial charge in [0.2, 0.25) is 5.91 Å². The summed E-state index contributed by atoms with van der Waals surface area (Å²) in [5.41, 5.74) is 3.44. The lowest BCUT2D eigenvalue weighted by Gasteiger charge is -2.15. The molecule has 3 aromatic rings. The second-order valence-corrected chi connectivity index (χ2v) is 8.36. The molecule has 0 saturated carbocycles. The van der Waals surface area contributed by atoms with E-state index in [1.807, 2.05) is 48.9 Å². The minimum Gasteiger partial charge on any atom is -0.355 e. The Kier molecular flexibility index (Phi) is 6.52.